The van der Waals surface area contributed by atoms with Gasteiger partial charge >= 0.3 is 0 Å². The van der Waals surface area contributed by atoms with Gasteiger partial charge in [-0.1, -0.05) is 44.8 Å². The third kappa shape index (κ3) is 3.19. The quantitative estimate of drug-likeness (QED) is 0.384. The summed E-state index contributed by atoms with van der Waals surface area (Å²) in [6.45, 7) is 0. The molecule has 0 aliphatic heterocycles. The van der Waals surface area contributed by atoms with Gasteiger partial charge in [0.15, 0.2) is 5.84 Å². The van der Waals surface area contributed by atoms with Crippen LogP contribution in [0.15, 0.2) is 52.1 Å². The van der Waals surface area contributed by atoms with Crippen LogP contribution in [0.4, 0.5) is 0 Å². The smallest absolute Gasteiger partial charge is 0.173 e. The van der Waals surface area contributed by atoms with Gasteiger partial charge in [-0.25, -0.2) is 0 Å². The number of oxime groups is 1. The minimum absolute atomic E-state index is 0.0262. The zero-order valence-electron chi connectivity index (χ0n) is 9.68. The molecule has 0 heterocycles. The van der Waals surface area contributed by atoms with Gasteiger partial charge in [0.25, 0.3) is 0 Å². The van der Waals surface area contributed by atoms with E-state index in [-0.39, 0.29) is 5.84 Å². The van der Waals surface area contributed by atoms with Crippen LogP contribution in [0.2, 0.25) is 5.02 Å². The number of hydrogen-bond donors (Lipinski definition) is 2. The van der Waals surface area contributed by atoms with Crippen LogP contribution in [0, 0.1) is 0 Å². The summed E-state index contributed by atoms with van der Waals surface area (Å²) < 4.78 is 6.55. The molecule has 0 fully saturated rings. The Kier molecular flexibility index (Phi) is 4.29. The molecule has 2 aromatic carbocycles. The monoisotopic (exact) mass is 340 g/mol. The molecule has 0 atom stereocenters. The lowest BCUT2D eigenvalue weighted by Crippen LogP contribution is -2.14. The molecule has 3 N–H and O–H groups in total. The molecule has 0 amide bonds. The summed E-state index contributed by atoms with van der Waals surface area (Å²) in [7, 11) is 0. The van der Waals surface area contributed by atoms with Crippen molar-refractivity contribution in [3.05, 3.63) is 57.5 Å². The molecule has 0 spiro atoms. The number of amidine groups is 1. The molecule has 0 bridgehead atoms. The van der Waals surface area contributed by atoms with Crippen LogP contribution < -0.4 is 10.5 Å². The van der Waals surface area contributed by atoms with Crippen molar-refractivity contribution in [3.63, 3.8) is 0 Å². The number of nitrogens with two attached hydrogens (primary N) is 1. The van der Waals surface area contributed by atoms with Gasteiger partial charge in [0.1, 0.15) is 11.5 Å². The predicted octanol–water partition coefficient (Wildman–Crippen LogP) is 3.99. The van der Waals surface area contributed by atoms with Crippen LogP contribution in [-0.4, -0.2) is 11.0 Å². The maximum Gasteiger partial charge on any atom is 0.173 e. The Morgan fingerprint density at radius 1 is 1.21 bits per heavy atom. The van der Waals surface area contributed by atoms with Crippen molar-refractivity contribution in [1.29, 1.82) is 0 Å². The number of benzene rings is 2. The molecule has 19 heavy (non-hydrogen) atoms. The highest BCUT2D eigenvalue weighted by atomic mass is 79.9. The number of halogens is 2. The van der Waals surface area contributed by atoms with E-state index in [1.807, 2.05) is 6.07 Å². The predicted molar refractivity (Wildman–Crippen MR) is 78.2 cm³/mol. The van der Waals surface area contributed by atoms with Gasteiger partial charge in [-0.2, -0.15) is 0 Å². The number of rotatable bonds is 3. The second-order valence-electron chi connectivity index (χ2n) is 3.66. The van der Waals surface area contributed by atoms with Gasteiger partial charge in [0.2, 0.25) is 0 Å². The standard InChI is InChI=1S/C13H10BrClN2O2/c14-8-5-6-10(15)12(7-8)19-11-4-2-1-3-9(11)13(16)17-18/h1-7,18H,(H2,16,17). The lowest BCUT2D eigenvalue weighted by Gasteiger charge is -2.11. The Morgan fingerprint density at radius 2 is 1.95 bits per heavy atom. The second-order valence-corrected chi connectivity index (χ2v) is 4.98. The number of para-hydroxylation sites is 1. The molecule has 0 unspecified atom stereocenters. The SMILES string of the molecule is NC(=NO)c1ccccc1Oc1cc(Br)ccc1Cl. The molecule has 0 aliphatic rings. The third-order valence-electron chi connectivity index (χ3n) is 2.38. The Morgan fingerprint density at radius 3 is 2.68 bits per heavy atom. The fraction of sp³-hybridized carbons (Fsp3) is 0. The van der Waals surface area contributed by atoms with Crippen molar-refractivity contribution in [3.8, 4) is 11.5 Å². The summed E-state index contributed by atoms with van der Waals surface area (Å²) in [6, 6.07) is 12.2. The van der Waals surface area contributed by atoms with E-state index >= 15 is 0 Å². The maximum atomic E-state index is 8.75. The molecule has 0 radical (unpaired) electrons. The first-order valence-electron chi connectivity index (χ1n) is 5.31. The van der Waals surface area contributed by atoms with Gasteiger partial charge in [-0.15, -0.1) is 0 Å². The molecule has 4 nitrogen and oxygen atoms in total. The fourth-order valence-electron chi connectivity index (χ4n) is 1.49. The van der Waals surface area contributed by atoms with Gasteiger partial charge in [0, 0.05) is 4.47 Å². The van der Waals surface area contributed by atoms with Crippen LogP contribution >= 0.6 is 27.5 Å². The van der Waals surface area contributed by atoms with Gasteiger partial charge in [-0.05, 0) is 30.3 Å². The second kappa shape index (κ2) is 5.95. The van der Waals surface area contributed by atoms with Crippen molar-refractivity contribution in [2.75, 3.05) is 0 Å². The molecule has 0 saturated heterocycles. The van der Waals surface area contributed by atoms with E-state index in [1.54, 1.807) is 36.4 Å². The van der Waals surface area contributed by atoms with E-state index in [2.05, 4.69) is 21.1 Å². The first-order chi connectivity index (χ1) is 9.11. The minimum atomic E-state index is -0.0262. The first-order valence-corrected chi connectivity index (χ1v) is 6.48. The Balaban J connectivity index is 2.41. The summed E-state index contributed by atoms with van der Waals surface area (Å²) in [5.41, 5.74) is 6.08. The third-order valence-corrected chi connectivity index (χ3v) is 3.19. The number of nitrogens with zero attached hydrogens (tertiary/aromatic N) is 1. The van der Waals surface area contributed by atoms with Crippen LogP contribution in [0.1, 0.15) is 5.56 Å². The molecular weight excluding hydrogens is 332 g/mol. The summed E-state index contributed by atoms with van der Waals surface area (Å²) in [6.07, 6.45) is 0. The largest absolute Gasteiger partial charge is 0.455 e. The van der Waals surface area contributed by atoms with Crippen molar-refractivity contribution in [2.24, 2.45) is 10.9 Å². The first kappa shape index (κ1) is 13.7. The Hall–Kier alpha value is -1.72. The van der Waals surface area contributed by atoms with Crippen LogP contribution in [0.25, 0.3) is 0 Å². The summed E-state index contributed by atoms with van der Waals surface area (Å²) in [5.74, 6) is 0.911. The van der Waals surface area contributed by atoms with E-state index in [4.69, 9.17) is 27.3 Å². The van der Waals surface area contributed by atoms with Crippen molar-refractivity contribution < 1.29 is 9.94 Å². The van der Waals surface area contributed by atoms with Gasteiger partial charge < -0.3 is 15.7 Å². The van der Waals surface area contributed by atoms with Gasteiger partial charge in [0.05, 0.1) is 10.6 Å². The topological polar surface area (TPSA) is 67.8 Å². The van der Waals surface area contributed by atoms with Crippen LogP contribution in [-0.2, 0) is 0 Å². The average Bonchev–Trinajstić information content (AvgIpc) is 2.42. The van der Waals surface area contributed by atoms with Crippen molar-refractivity contribution >= 4 is 33.4 Å². The molecular formula is C13H10BrClN2O2. The zero-order chi connectivity index (χ0) is 13.8. The number of hydrogen-bond acceptors (Lipinski definition) is 3. The highest BCUT2D eigenvalue weighted by molar-refractivity contribution is 9.10. The lowest BCUT2D eigenvalue weighted by atomic mass is 10.2. The fourth-order valence-corrected chi connectivity index (χ4v) is 1.99. The number of ether oxygens (including phenoxy) is 1. The lowest BCUT2D eigenvalue weighted by molar-refractivity contribution is 0.318. The van der Waals surface area contributed by atoms with E-state index in [0.29, 0.717) is 22.1 Å². The van der Waals surface area contributed by atoms with Crippen molar-refractivity contribution in [1.82, 2.24) is 0 Å². The van der Waals surface area contributed by atoms with E-state index in [1.165, 1.54) is 0 Å². The molecule has 0 aromatic heterocycles. The average molecular weight is 342 g/mol. The Labute approximate surface area is 123 Å². The van der Waals surface area contributed by atoms with E-state index in [0.717, 1.165) is 4.47 Å². The molecule has 98 valence electrons. The maximum absolute atomic E-state index is 8.75. The molecule has 0 saturated carbocycles. The Bertz CT molecular complexity index is 632. The molecule has 6 heteroatoms. The molecule has 2 aromatic rings. The van der Waals surface area contributed by atoms with Gasteiger partial charge in [-0.3, -0.25) is 0 Å². The normalized spacial score (nSPS) is 11.4. The summed E-state index contributed by atoms with van der Waals surface area (Å²) in [5, 5.41) is 12.2. The van der Waals surface area contributed by atoms with E-state index < -0.39 is 0 Å². The molecule has 2 rings (SSSR count). The summed E-state index contributed by atoms with van der Waals surface area (Å²) in [4.78, 5) is 0. The van der Waals surface area contributed by atoms with Crippen LogP contribution in [0.3, 0.4) is 0 Å². The highest BCUT2D eigenvalue weighted by Gasteiger charge is 2.10. The minimum Gasteiger partial charge on any atom is -0.455 e. The zero-order valence-corrected chi connectivity index (χ0v) is 12.0. The highest BCUT2D eigenvalue weighted by Crippen LogP contribution is 2.33. The van der Waals surface area contributed by atoms with E-state index in [9.17, 15) is 0 Å². The summed E-state index contributed by atoms with van der Waals surface area (Å²) >= 11 is 9.40. The van der Waals surface area contributed by atoms with Crippen molar-refractivity contribution in [2.45, 2.75) is 0 Å². The molecule has 0 aliphatic carbocycles. The van der Waals surface area contributed by atoms with Crippen LogP contribution in [0.5, 0.6) is 11.5 Å².